The number of benzene rings is 1. The Labute approximate surface area is 128 Å². The van der Waals surface area contributed by atoms with Crippen LogP contribution in [0.4, 0.5) is 5.69 Å². The van der Waals surface area contributed by atoms with Crippen LogP contribution in [0.15, 0.2) is 18.2 Å². The third-order valence-corrected chi connectivity index (χ3v) is 4.27. The van der Waals surface area contributed by atoms with Crippen molar-refractivity contribution >= 4 is 5.69 Å². The summed E-state index contributed by atoms with van der Waals surface area (Å²) < 4.78 is 10.5. The van der Waals surface area contributed by atoms with Crippen molar-refractivity contribution in [1.82, 2.24) is 5.32 Å². The summed E-state index contributed by atoms with van der Waals surface area (Å²) in [5.74, 6) is 0. The summed E-state index contributed by atoms with van der Waals surface area (Å²) in [7, 11) is 3.93. The van der Waals surface area contributed by atoms with Crippen molar-refractivity contribution in [3.63, 3.8) is 0 Å². The van der Waals surface area contributed by atoms with E-state index < -0.39 is 0 Å². The second-order valence-electron chi connectivity index (χ2n) is 5.73. The fraction of sp³-hybridized carbons (Fsp3) is 0.647. The van der Waals surface area contributed by atoms with Gasteiger partial charge in [-0.1, -0.05) is 6.07 Å². The Morgan fingerprint density at radius 3 is 2.76 bits per heavy atom. The summed E-state index contributed by atoms with van der Waals surface area (Å²) in [6.45, 7) is 6.50. The Morgan fingerprint density at radius 2 is 2.10 bits per heavy atom. The first-order valence-electron chi connectivity index (χ1n) is 7.82. The minimum absolute atomic E-state index is 0.601. The number of hydrogen-bond donors (Lipinski definition) is 1. The zero-order valence-electron chi connectivity index (χ0n) is 13.5. The molecule has 1 saturated heterocycles. The van der Waals surface area contributed by atoms with Gasteiger partial charge in [0.1, 0.15) is 0 Å². The molecular weight excluding hydrogens is 264 g/mol. The summed E-state index contributed by atoms with van der Waals surface area (Å²) in [6, 6.07) is 7.36. The van der Waals surface area contributed by atoms with Crippen LogP contribution in [0.25, 0.3) is 0 Å². The average Bonchev–Trinajstić information content (AvgIpc) is 2.53. The first kappa shape index (κ1) is 16.3. The van der Waals surface area contributed by atoms with Crippen LogP contribution in [-0.4, -0.2) is 46.6 Å². The van der Waals surface area contributed by atoms with Crippen molar-refractivity contribution in [3.05, 3.63) is 29.3 Å². The highest BCUT2D eigenvalue weighted by atomic mass is 16.5. The number of hydrogen-bond acceptors (Lipinski definition) is 4. The molecule has 0 aromatic heterocycles. The van der Waals surface area contributed by atoms with E-state index in [9.17, 15) is 0 Å². The molecule has 1 N–H and O–H groups in total. The third kappa shape index (κ3) is 4.70. The molecule has 1 aliphatic rings. The molecule has 0 bridgehead atoms. The molecule has 0 saturated carbocycles. The van der Waals surface area contributed by atoms with Crippen molar-refractivity contribution in [2.45, 2.75) is 32.4 Å². The van der Waals surface area contributed by atoms with Gasteiger partial charge in [0.15, 0.2) is 0 Å². The number of ether oxygens (including phenoxy) is 2. The molecule has 0 unspecified atom stereocenters. The van der Waals surface area contributed by atoms with Crippen LogP contribution >= 0.6 is 0 Å². The molecule has 118 valence electrons. The second kappa shape index (κ2) is 8.37. The van der Waals surface area contributed by atoms with E-state index >= 15 is 0 Å². The van der Waals surface area contributed by atoms with Crippen LogP contribution in [0.2, 0.25) is 0 Å². The van der Waals surface area contributed by atoms with Crippen molar-refractivity contribution in [2.75, 3.05) is 45.4 Å². The zero-order valence-corrected chi connectivity index (χ0v) is 13.5. The number of nitrogens with zero attached hydrogens (tertiary/aromatic N) is 1. The molecule has 0 aliphatic carbocycles. The Balaban J connectivity index is 1.94. The van der Waals surface area contributed by atoms with Gasteiger partial charge in [0.25, 0.3) is 0 Å². The standard InChI is InChI=1S/C17H28N2O2/c1-14-12-17(19(2)16-6-9-21-10-7-16)5-4-15(14)13-18-8-11-20-3/h4-5,12,16,18H,6-11,13H2,1-3H3. The Hall–Kier alpha value is -1.10. The van der Waals surface area contributed by atoms with Gasteiger partial charge < -0.3 is 19.7 Å². The van der Waals surface area contributed by atoms with E-state index in [2.05, 4.69) is 42.4 Å². The fourth-order valence-corrected chi connectivity index (χ4v) is 2.78. The molecule has 0 amide bonds. The normalized spacial score (nSPS) is 16.1. The van der Waals surface area contributed by atoms with Crippen LogP contribution in [0.5, 0.6) is 0 Å². The largest absolute Gasteiger partial charge is 0.383 e. The van der Waals surface area contributed by atoms with Crippen LogP contribution in [-0.2, 0) is 16.0 Å². The highest BCUT2D eigenvalue weighted by molar-refractivity contribution is 5.51. The maximum Gasteiger partial charge on any atom is 0.0587 e. The lowest BCUT2D eigenvalue weighted by atomic mass is 10.0. The first-order chi connectivity index (χ1) is 10.2. The predicted octanol–water partition coefficient (Wildman–Crippen LogP) is 2.35. The lowest BCUT2D eigenvalue weighted by Gasteiger charge is -2.33. The monoisotopic (exact) mass is 292 g/mol. The quantitative estimate of drug-likeness (QED) is 0.782. The Morgan fingerprint density at radius 1 is 1.33 bits per heavy atom. The van der Waals surface area contributed by atoms with Gasteiger partial charge in [-0.05, 0) is 43.0 Å². The summed E-state index contributed by atoms with van der Waals surface area (Å²) in [4.78, 5) is 2.40. The molecule has 0 spiro atoms. The zero-order chi connectivity index (χ0) is 15.1. The van der Waals surface area contributed by atoms with Gasteiger partial charge in [-0.15, -0.1) is 0 Å². The number of aryl methyl sites for hydroxylation is 1. The van der Waals surface area contributed by atoms with Gasteiger partial charge in [-0.3, -0.25) is 0 Å². The number of anilines is 1. The smallest absolute Gasteiger partial charge is 0.0587 e. The minimum Gasteiger partial charge on any atom is -0.383 e. The lowest BCUT2D eigenvalue weighted by Crippen LogP contribution is -2.36. The third-order valence-electron chi connectivity index (χ3n) is 4.27. The van der Waals surface area contributed by atoms with E-state index in [0.717, 1.165) is 45.8 Å². The summed E-state index contributed by atoms with van der Waals surface area (Å²) in [5.41, 5.74) is 4.01. The van der Waals surface area contributed by atoms with Gasteiger partial charge in [0, 0.05) is 52.2 Å². The maximum atomic E-state index is 5.45. The predicted molar refractivity (Wildman–Crippen MR) is 87.0 cm³/mol. The molecular formula is C17H28N2O2. The minimum atomic E-state index is 0.601. The van der Waals surface area contributed by atoms with Gasteiger partial charge in [-0.25, -0.2) is 0 Å². The molecule has 4 heteroatoms. The molecule has 1 aromatic carbocycles. The molecule has 21 heavy (non-hydrogen) atoms. The number of methoxy groups -OCH3 is 1. The lowest BCUT2D eigenvalue weighted by molar-refractivity contribution is 0.0855. The van der Waals surface area contributed by atoms with E-state index in [-0.39, 0.29) is 0 Å². The van der Waals surface area contributed by atoms with E-state index in [1.807, 2.05) is 0 Å². The van der Waals surface area contributed by atoms with Crippen LogP contribution < -0.4 is 10.2 Å². The van der Waals surface area contributed by atoms with Crippen LogP contribution in [0.3, 0.4) is 0 Å². The van der Waals surface area contributed by atoms with Crippen molar-refractivity contribution < 1.29 is 9.47 Å². The molecule has 4 nitrogen and oxygen atoms in total. The van der Waals surface area contributed by atoms with Crippen molar-refractivity contribution in [3.8, 4) is 0 Å². The summed E-state index contributed by atoms with van der Waals surface area (Å²) in [6.07, 6.45) is 2.24. The second-order valence-corrected chi connectivity index (χ2v) is 5.73. The molecule has 1 fully saturated rings. The highest BCUT2D eigenvalue weighted by Gasteiger charge is 2.19. The molecule has 1 aliphatic heterocycles. The van der Waals surface area contributed by atoms with Gasteiger partial charge in [0.2, 0.25) is 0 Å². The SMILES string of the molecule is COCCNCc1ccc(N(C)C2CCOCC2)cc1C. The molecule has 1 aromatic rings. The van der Waals surface area contributed by atoms with E-state index in [0.29, 0.717) is 6.04 Å². The van der Waals surface area contributed by atoms with Gasteiger partial charge in [-0.2, -0.15) is 0 Å². The van der Waals surface area contributed by atoms with E-state index in [4.69, 9.17) is 9.47 Å². The number of nitrogens with one attached hydrogen (secondary N) is 1. The number of rotatable bonds is 7. The topological polar surface area (TPSA) is 33.7 Å². The van der Waals surface area contributed by atoms with E-state index in [1.54, 1.807) is 7.11 Å². The molecule has 0 radical (unpaired) electrons. The first-order valence-corrected chi connectivity index (χ1v) is 7.82. The maximum absolute atomic E-state index is 5.45. The summed E-state index contributed by atoms with van der Waals surface area (Å²) in [5, 5.41) is 3.40. The Kier molecular flexibility index (Phi) is 6.49. The molecule has 0 atom stereocenters. The van der Waals surface area contributed by atoms with Crippen molar-refractivity contribution in [2.24, 2.45) is 0 Å². The van der Waals surface area contributed by atoms with E-state index in [1.165, 1.54) is 16.8 Å². The average molecular weight is 292 g/mol. The highest BCUT2D eigenvalue weighted by Crippen LogP contribution is 2.23. The van der Waals surface area contributed by atoms with Gasteiger partial charge in [0.05, 0.1) is 6.61 Å². The molecule has 1 heterocycles. The van der Waals surface area contributed by atoms with Crippen LogP contribution in [0, 0.1) is 6.92 Å². The molecule has 2 rings (SSSR count). The van der Waals surface area contributed by atoms with Crippen LogP contribution in [0.1, 0.15) is 24.0 Å². The Bertz CT molecular complexity index is 431. The van der Waals surface area contributed by atoms with Gasteiger partial charge >= 0.3 is 0 Å². The summed E-state index contributed by atoms with van der Waals surface area (Å²) >= 11 is 0. The fourth-order valence-electron chi connectivity index (χ4n) is 2.78. The van der Waals surface area contributed by atoms with Crippen molar-refractivity contribution in [1.29, 1.82) is 0 Å².